The molecule has 0 spiro atoms. The number of nitrogens with zero attached hydrogens (tertiary/aromatic N) is 1. The number of halogens is 1. The standard InChI is InChI=1S/C21H27FN2O2S/c1-21(2,3)17-4-10-20(11-5-17)27(25,26)23-14-16-12-13-24(15-16)19-8-6-18(22)7-9-19/h4-11,16,23H,12-15H2,1-3H3. The highest BCUT2D eigenvalue weighted by Crippen LogP contribution is 2.25. The summed E-state index contributed by atoms with van der Waals surface area (Å²) in [6.45, 7) is 8.31. The fourth-order valence-corrected chi connectivity index (χ4v) is 4.45. The first-order valence-corrected chi connectivity index (χ1v) is 10.7. The molecule has 1 unspecified atom stereocenters. The van der Waals surface area contributed by atoms with Crippen LogP contribution in [0.2, 0.25) is 0 Å². The van der Waals surface area contributed by atoms with Gasteiger partial charge in [0.1, 0.15) is 5.82 Å². The lowest BCUT2D eigenvalue weighted by Crippen LogP contribution is -2.31. The lowest BCUT2D eigenvalue weighted by Gasteiger charge is -2.20. The molecule has 6 heteroatoms. The van der Waals surface area contributed by atoms with E-state index in [2.05, 4.69) is 30.4 Å². The summed E-state index contributed by atoms with van der Waals surface area (Å²) in [4.78, 5) is 2.46. The van der Waals surface area contributed by atoms with Gasteiger partial charge in [0.05, 0.1) is 4.90 Å². The molecule has 146 valence electrons. The molecule has 0 aliphatic carbocycles. The van der Waals surface area contributed by atoms with Crippen LogP contribution in [0.5, 0.6) is 0 Å². The molecule has 1 aliphatic rings. The zero-order valence-corrected chi connectivity index (χ0v) is 16.9. The van der Waals surface area contributed by atoms with E-state index in [0.717, 1.165) is 30.8 Å². The van der Waals surface area contributed by atoms with Gasteiger partial charge in [-0.3, -0.25) is 0 Å². The molecule has 2 aromatic carbocycles. The van der Waals surface area contributed by atoms with Gasteiger partial charge in [0.15, 0.2) is 0 Å². The predicted molar refractivity (Wildman–Crippen MR) is 107 cm³/mol. The minimum atomic E-state index is -3.52. The number of anilines is 1. The van der Waals surface area contributed by atoms with Gasteiger partial charge in [-0.25, -0.2) is 17.5 Å². The molecule has 0 bridgehead atoms. The summed E-state index contributed by atoms with van der Waals surface area (Å²) in [6, 6.07) is 13.5. The van der Waals surface area contributed by atoms with Crippen LogP contribution in [-0.2, 0) is 15.4 Å². The van der Waals surface area contributed by atoms with Crippen molar-refractivity contribution < 1.29 is 12.8 Å². The van der Waals surface area contributed by atoms with Gasteiger partial charge < -0.3 is 4.90 Å². The maximum absolute atomic E-state index is 13.1. The Morgan fingerprint density at radius 1 is 1.07 bits per heavy atom. The van der Waals surface area contributed by atoms with E-state index in [9.17, 15) is 12.8 Å². The van der Waals surface area contributed by atoms with Crippen molar-refractivity contribution in [2.75, 3.05) is 24.5 Å². The molecule has 1 fully saturated rings. The van der Waals surface area contributed by atoms with Crippen LogP contribution < -0.4 is 9.62 Å². The SMILES string of the molecule is CC(C)(C)c1ccc(S(=O)(=O)NCC2CCN(c3ccc(F)cc3)C2)cc1. The van der Waals surface area contributed by atoms with E-state index >= 15 is 0 Å². The van der Waals surface area contributed by atoms with E-state index in [1.54, 1.807) is 24.3 Å². The van der Waals surface area contributed by atoms with Crippen molar-refractivity contribution in [3.05, 3.63) is 59.9 Å². The average Bonchev–Trinajstić information content (AvgIpc) is 3.09. The molecule has 0 aromatic heterocycles. The van der Waals surface area contributed by atoms with E-state index in [-0.39, 0.29) is 17.2 Å². The highest BCUT2D eigenvalue weighted by atomic mass is 32.2. The molecule has 3 rings (SSSR count). The molecule has 27 heavy (non-hydrogen) atoms. The molecule has 0 amide bonds. The summed E-state index contributed by atoms with van der Waals surface area (Å²) in [5.74, 6) is -0.0154. The Hall–Kier alpha value is -1.92. The van der Waals surface area contributed by atoms with E-state index < -0.39 is 10.0 Å². The van der Waals surface area contributed by atoms with Crippen molar-refractivity contribution >= 4 is 15.7 Å². The third kappa shape index (κ3) is 4.87. The van der Waals surface area contributed by atoms with Crippen LogP contribution in [0.25, 0.3) is 0 Å². The molecule has 0 radical (unpaired) electrons. The second kappa shape index (κ2) is 7.60. The summed E-state index contributed by atoms with van der Waals surface area (Å²) < 4.78 is 40.9. The Labute approximate surface area is 161 Å². The van der Waals surface area contributed by atoms with Crippen LogP contribution in [0.3, 0.4) is 0 Å². The first kappa shape index (κ1) is 19.8. The van der Waals surface area contributed by atoms with Gasteiger partial charge in [-0.2, -0.15) is 0 Å². The summed E-state index contributed by atoms with van der Waals surface area (Å²) in [7, 11) is -3.52. The van der Waals surface area contributed by atoms with Crippen molar-refractivity contribution in [2.45, 2.75) is 37.5 Å². The van der Waals surface area contributed by atoms with Crippen molar-refractivity contribution in [2.24, 2.45) is 5.92 Å². The predicted octanol–water partition coefficient (Wildman–Crippen LogP) is 3.93. The van der Waals surface area contributed by atoms with Crippen LogP contribution in [0.15, 0.2) is 53.4 Å². The molecule has 4 nitrogen and oxygen atoms in total. The Kier molecular flexibility index (Phi) is 5.58. The summed E-state index contributed by atoms with van der Waals surface area (Å²) in [6.07, 6.45) is 0.906. The third-order valence-electron chi connectivity index (χ3n) is 5.07. The van der Waals surface area contributed by atoms with Crippen LogP contribution in [0.1, 0.15) is 32.8 Å². The second-order valence-corrected chi connectivity index (χ2v) is 9.97. The fourth-order valence-electron chi connectivity index (χ4n) is 3.33. The highest BCUT2D eigenvalue weighted by Gasteiger charge is 2.25. The van der Waals surface area contributed by atoms with Gasteiger partial charge in [-0.05, 0) is 59.7 Å². The van der Waals surface area contributed by atoms with Gasteiger partial charge in [-0.1, -0.05) is 32.9 Å². The number of nitrogens with one attached hydrogen (secondary N) is 1. The Morgan fingerprint density at radius 2 is 1.70 bits per heavy atom. The molecular weight excluding hydrogens is 363 g/mol. The summed E-state index contributed by atoms with van der Waals surface area (Å²) >= 11 is 0. The van der Waals surface area contributed by atoms with E-state index in [1.807, 2.05) is 12.1 Å². The van der Waals surface area contributed by atoms with Gasteiger partial charge in [0, 0.05) is 25.3 Å². The fraction of sp³-hybridized carbons (Fsp3) is 0.429. The minimum Gasteiger partial charge on any atom is -0.371 e. The number of benzene rings is 2. The maximum Gasteiger partial charge on any atom is 0.240 e. The molecule has 1 saturated heterocycles. The maximum atomic E-state index is 13.1. The van der Waals surface area contributed by atoms with Crippen LogP contribution in [-0.4, -0.2) is 28.1 Å². The first-order valence-electron chi connectivity index (χ1n) is 9.26. The monoisotopic (exact) mass is 390 g/mol. The number of rotatable bonds is 5. The van der Waals surface area contributed by atoms with Crippen LogP contribution in [0.4, 0.5) is 10.1 Å². The molecule has 0 saturated carbocycles. The Bertz CT molecular complexity index is 872. The van der Waals surface area contributed by atoms with Crippen molar-refractivity contribution in [1.29, 1.82) is 0 Å². The topological polar surface area (TPSA) is 49.4 Å². The van der Waals surface area contributed by atoms with Crippen molar-refractivity contribution in [3.8, 4) is 0 Å². The minimum absolute atomic E-state index is 0.0105. The van der Waals surface area contributed by atoms with Crippen molar-refractivity contribution in [1.82, 2.24) is 4.72 Å². The van der Waals surface area contributed by atoms with Gasteiger partial charge in [0.2, 0.25) is 10.0 Å². The van der Waals surface area contributed by atoms with Gasteiger partial charge >= 0.3 is 0 Å². The number of hydrogen-bond acceptors (Lipinski definition) is 3. The third-order valence-corrected chi connectivity index (χ3v) is 6.51. The molecule has 1 N–H and O–H groups in total. The van der Waals surface area contributed by atoms with E-state index in [4.69, 9.17) is 0 Å². The largest absolute Gasteiger partial charge is 0.371 e. The Morgan fingerprint density at radius 3 is 2.30 bits per heavy atom. The van der Waals surface area contributed by atoms with Crippen molar-refractivity contribution in [3.63, 3.8) is 0 Å². The quantitative estimate of drug-likeness (QED) is 0.842. The summed E-state index contributed by atoms with van der Waals surface area (Å²) in [5, 5.41) is 0. The zero-order chi connectivity index (χ0) is 19.7. The molecule has 1 heterocycles. The number of hydrogen-bond donors (Lipinski definition) is 1. The molecular formula is C21H27FN2O2S. The molecule has 1 atom stereocenters. The number of sulfonamides is 1. The first-order chi connectivity index (χ1) is 12.6. The highest BCUT2D eigenvalue weighted by molar-refractivity contribution is 7.89. The lowest BCUT2D eigenvalue weighted by molar-refractivity contribution is 0.541. The average molecular weight is 391 g/mol. The summed E-state index contributed by atoms with van der Waals surface area (Å²) in [5.41, 5.74) is 2.07. The molecule has 2 aromatic rings. The van der Waals surface area contributed by atoms with Gasteiger partial charge in [-0.15, -0.1) is 0 Å². The normalized spacial score (nSPS) is 18.1. The van der Waals surface area contributed by atoms with Gasteiger partial charge in [0.25, 0.3) is 0 Å². The second-order valence-electron chi connectivity index (χ2n) is 8.20. The van der Waals surface area contributed by atoms with Crippen LogP contribution >= 0.6 is 0 Å². The molecule has 1 aliphatic heterocycles. The van der Waals surface area contributed by atoms with Crippen LogP contribution in [0, 0.1) is 11.7 Å². The van der Waals surface area contributed by atoms with E-state index in [1.165, 1.54) is 12.1 Å². The zero-order valence-electron chi connectivity index (χ0n) is 16.1. The lowest BCUT2D eigenvalue weighted by atomic mass is 9.87. The smallest absolute Gasteiger partial charge is 0.240 e. The van der Waals surface area contributed by atoms with E-state index in [0.29, 0.717) is 11.4 Å². The Balaban J connectivity index is 1.58.